The molecule has 1 fully saturated rings. The van der Waals surface area contributed by atoms with Crippen molar-refractivity contribution >= 4 is 44.9 Å². The van der Waals surface area contributed by atoms with Gasteiger partial charge in [0.1, 0.15) is 11.4 Å². The average Bonchev–Trinajstić information content (AvgIpc) is 3.27. The van der Waals surface area contributed by atoms with Gasteiger partial charge in [-0.1, -0.05) is 18.2 Å². The van der Waals surface area contributed by atoms with Crippen LogP contribution in [-0.4, -0.2) is 36.0 Å². The van der Waals surface area contributed by atoms with Crippen molar-refractivity contribution in [1.82, 2.24) is 30.1 Å². The minimum absolute atomic E-state index is 0.0400. The number of para-hydroxylation sites is 1. The van der Waals surface area contributed by atoms with Crippen LogP contribution in [0.15, 0.2) is 60.4 Å². The van der Waals surface area contributed by atoms with E-state index in [1.54, 1.807) is 29.8 Å². The van der Waals surface area contributed by atoms with Gasteiger partial charge in [0, 0.05) is 28.1 Å². The van der Waals surface area contributed by atoms with Crippen molar-refractivity contribution in [1.29, 1.82) is 0 Å². The van der Waals surface area contributed by atoms with E-state index in [2.05, 4.69) is 30.5 Å². The number of thiophene rings is 1. The predicted molar refractivity (Wildman–Crippen MR) is 137 cm³/mol. The topological polar surface area (TPSA) is 112 Å². The number of aromatic nitrogens is 6. The van der Waals surface area contributed by atoms with Crippen molar-refractivity contribution in [3.8, 4) is 33.2 Å². The van der Waals surface area contributed by atoms with Crippen molar-refractivity contribution in [2.24, 2.45) is 5.92 Å². The summed E-state index contributed by atoms with van der Waals surface area (Å²) in [5.74, 6) is -0.0678. The van der Waals surface area contributed by atoms with Crippen LogP contribution < -0.4 is 5.32 Å². The number of rotatable bonds is 5. The van der Waals surface area contributed by atoms with Gasteiger partial charge in [0.05, 0.1) is 40.0 Å². The molecular weight excluding hydrogens is 477 g/mol. The minimum Gasteiger partial charge on any atom is -0.337 e. The van der Waals surface area contributed by atoms with Crippen molar-refractivity contribution in [2.45, 2.75) is 12.8 Å². The number of aromatic amines is 2. The Hall–Kier alpha value is -4.44. The number of benzene rings is 1. The van der Waals surface area contributed by atoms with Crippen LogP contribution in [0.4, 0.5) is 10.1 Å². The van der Waals surface area contributed by atoms with E-state index in [1.165, 1.54) is 6.20 Å². The highest BCUT2D eigenvalue weighted by molar-refractivity contribution is 7.13. The number of imidazole rings is 1. The third-order valence-corrected chi connectivity index (χ3v) is 7.20. The Kier molecular flexibility index (Phi) is 4.68. The van der Waals surface area contributed by atoms with E-state index in [0.717, 1.165) is 34.3 Å². The number of carbonyl (C=O) groups excluding carboxylic acids is 1. The molecule has 1 aliphatic rings. The Morgan fingerprint density at radius 3 is 2.83 bits per heavy atom. The highest BCUT2D eigenvalue weighted by atomic mass is 32.1. The maximum absolute atomic E-state index is 15.9. The summed E-state index contributed by atoms with van der Waals surface area (Å²) < 4.78 is 15.9. The first kappa shape index (κ1) is 20.9. The Morgan fingerprint density at radius 2 is 2.00 bits per heavy atom. The molecule has 176 valence electrons. The molecule has 7 rings (SSSR count). The van der Waals surface area contributed by atoms with Gasteiger partial charge in [0.15, 0.2) is 11.6 Å². The molecule has 0 bridgehead atoms. The van der Waals surface area contributed by atoms with Gasteiger partial charge in [-0.05, 0) is 36.4 Å². The number of pyridine rings is 2. The summed E-state index contributed by atoms with van der Waals surface area (Å²) in [6, 6.07) is 11.6. The number of anilines is 1. The van der Waals surface area contributed by atoms with Crippen LogP contribution in [-0.2, 0) is 4.79 Å². The zero-order chi connectivity index (χ0) is 24.2. The van der Waals surface area contributed by atoms with E-state index in [9.17, 15) is 4.79 Å². The third kappa shape index (κ3) is 3.45. The highest BCUT2D eigenvalue weighted by Gasteiger charge is 2.29. The molecule has 0 aliphatic heterocycles. The Labute approximate surface area is 207 Å². The molecule has 0 saturated heterocycles. The Morgan fingerprint density at radius 1 is 1.08 bits per heavy atom. The van der Waals surface area contributed by atoms with Crippen molar-refractivity contribution in [3.63, 3.8) is 0 Å². The summed E-state index contributed by atoms with van der Waals surface area (Å²) in [4.78, 5) is 29.8. The van der Waals surface area contributed by atoms with Gasteiger partial charge in [-0.15, -0.1) is 11.3 Å². The first-order chi connectivity index (χ1) is 17.7. The number of nitrogens with zero attached hydrogens (tertiary/aromatic N) is 4. The third-order valence-electron chi connectivity index (χ3n) is 6.30. The number of hydrogen-bond acceptors (Lipinski definition) is 6. The standard InChI is InChI=1S/C26H18FN7OS/c27-21-20-18(12-29-22(21)14-9-15(11-28-10-14)30-26(35)13-6-7-13)33-34-24(20)25-31-17-4-1-3-16(23(17)32-25)19-5-2-8-36-19/h1-5,8-13H,6-7H2,(H,30,35)(H,31,32)(H,33,34). The molecule has 0 atom stereocenters. The predicted octanol–water partition coefficient (Wildman–Crippen LogP) is 5.78. The first-order valence-corrected chi connectivity index (χ1v) is 12.4. The maximum Gasteiger partial charge on any atom is 0.227 e. The normalized spacial score (nSPS) is 13.5. The fraction of sp³-hybridized carbons (Fsp3) is 0.115. The number of hydrogen-bond donors (Lipinski definition) is 3. The summed E-state index contributed by atoms with van der Waals surface area (Å²) in [5.41, 5.74) is 4.55. The molecule has 0 spiro atoms. The van der Waals surface area contributed by atoms with Gasteiger partial charge in [0.25, 0.3) is 0 Å². The smallest absolute Gasteiger partial charge is 0.227 e. The van der Waals surface area contributed by atoms with Crippen LogP contribution in [0.5, 0.6) is 0 Å². The van der Waals surface area contributed by atoms with Crippen LogP contribution in [0.1, 0.15) is 12.8 Å². The molecule has 3 N–H and O–H groups in total. The summed E-state index contributed by atoms with van der Waals surface area (Å²) in [7, 11) is 0. The molecule has 1 saturated carbocycles. The molecule has 1 aliphatic carbocycles. The lowest BCUT2D eigenvalue weighted by molar-refractivity contribution is -0.117. The van der Waals surface area contributed by atoms with E-state index in [4.69, 9.17) is 4.98 Å². The molecule has 10 heteroatoms. The maximum atomic E-state index is 15.9. The van der Waals surface area contributed by atoms with E-state index in [-0.39, 0.29) is 22.9 Å². The molecule has 5 aromatic heterocycles. The van der Waals surface area contributed by atoms with E-state index in [0.29, 0.717) is 28.3 Å². The minimum atomic E-state index is -0.539. The molecular formula is C26H18FN7OS. The van der Waals surface area contributed by atoms with Crippen LogP contribution in [0.2, 0.25) is 0 Å². The number of halogens is 1. The molecule has 0 unspecified atom stereocenters. The van der Waals surface area contributed by atoms with Gasteiger partial charge in [-0.2, -0.15) is 5.10 Å². The molecule has 6 aromatic rings. The fourth-order valence-electron chi connectivity index (χ4n) is 4.35. The zero-order valence-electron chi connectivity index (χ0n) is 18.7. The van der Waals surface area contributed by atoms with Crippen LogP contribution >= 0.6 is 11.3 Å². The largest absolute Gasteiger partial charge is 0.337 e. The molecule has 1 amide bonds. The second kappa shape index (κ2) is 8.06. The molecule has 36 heavy (non-hydrogen) atoms. The summed E-state index contributed by atoms with van der Waals surface area (Å²) in [5, 5.41) is 12.4. The lowest BCUT2D eigenvalue weighted by Crippen LogP contribution is -2.13. The lowest BCUT2D eigenvalue weighted by atomic mass is 10.1. The van der Waals surface area contributed by atoms with Crippen molar-refractivity contribution < 1.29 is 9.18 Å². The zero-order valence-corrected chi connectivity index (χ0v) is 19.6. The van der Waals surface area contributed by atoms with Crippen LogP contribution in [0, 0.1) is 11.7 Å². The van der Waals surface area contributed by atoms with E-state index >= 15 is 4.39 Å². The van der Waals surface area contributed by atoms with Crippen molar-refractivity contribution in [3.05, 3.63) is 66.2 Å². The van der Waals surface area contributed by atoms with Crippen molar-refractivity contribution in [2.75, 3.05) is 5.32 Å². The quantitative estimate of drug-likeness (QED) is 0.281. The van der Waals surface area contributed by atoms with Crippen LogP contribution in [0.25, 0.3) is 55.2 Å². The Balaban J connectivity index is 1.32. The first-order valence-electron chi connectivity index (χ1n) is 11.5. The number of amides is 1. The molecule has 0 radical (unpaired) electrons. The van der Waals surface area contributed by atoms with E-state index in [1.807, 2.05) is 35.7 Å². The van der Waals surface area contributed by atoms with Gasteiger partial charge in [-0.3, -0.25) is 19.9 Å². The van der Waals surface area contributed by atoms with Gasteiger partial charge in [-0.25, -0.2) is 9.37 Å². The number of fused-ring (bicyclic) bond motifs is 2. The van der Waals surface area contributed by atoms with Gasteiger partial charge < -0.3 is 10.3 Å². The number of carbonyl (C=O) groups is 1. The van der Waals surface area contributed by atoms with Gasteiger partial charge in [0.2, 0.25) is 5.91 Å². The Bertz CT molecular complexity index is 1770. The van der Waals surface area contributed by atoms with Crippen LogP contribution in [0.3, 0.4) is 0 Å². The van der Waals surface area contributed by atoms with E-state index < -0.39 is 5.82 Å². The molecule has 5 heterocycles. The summed E-state index contributed by atoms with van der Waals surface area (Å²) in [6.45, 7) is 0. The monoisotopic (exact) mass is 495 g/mol. The number of nitrogens with one attached hydrogen (secondary N) is 3. The fourth-order valence-corrected chi connectivity index (χ4v) is 5.10. The average molecular weight is 496 g/mol. The molecule has 8 nitrogen and oxygen atoms in total. The summed E-state index contributed by atoms with van der Waals surface area (Å²) >= 11 is 1.64. The lowest BCUT2D eigenvalue weighted by Gasteiger charge is -2.07. The molecule has 1 aromatic carbocycles. The summed E-state index contributed by atoms with van der Waals surface area (Å²) in [6.07, 6.45) is 6.40. The SMILES string of the molecule is O=C(Nc1cncc(-c2ncc3[nH]nc(-c4nc5c(-c6cccs6)cccc5[nH]4)c3c2F)c1)C1CC1. The highest BCUT2D eigenvalue weighted by Crippen LogP contribution is 2.36. The second-order valence-electron chi connectivity index (χ2n) is 8.77. The number of H-pyrrole nitrogens is 2. The second-order valence-corrected chi connectivity index (χ2v) is 9.72. The van der Waals surface area contributed by atoms with Gasteiger partial charge >= 0.3 is 0 Å².